The number of halogens is 1. The summed E-state index contributed by atoms with van der Waals surface area (Å²) in [5.41, 5.74) is 0.860. The summed E-state index contributed by atoms with van der Waals surface area (Å²) < 4.78 is 0. The summed E-state index contributed by atoms with van der Waals surface area (Å²) in [5, 5.41) is 0. The number of hydrogen-bond acceptors (Lipinski definition) is 4. The Morgan fingerprint density at radius 1 is 0.821 bits per heavy atom. The van der Waals surface area contributed by atoms with Crippen molar-refractivity contribution in [3.8, 4) is 0 Å². The van der Waals surface area contributed by atoms with E-state index in [2.05, 4.69) is 72.3 Å². The van der Waals surface area contributed by atoms with Crippen molar-refractivity contribution < 1.29 is 0 Å². The third kappa shape index (κ3) is 5.35. The van der Waals surface area contributed by atoms with Gasteiger partial charge in [-0.15, -0.1) is 0 Å². The molecule has 1 saturated heterocycles. The lowest BCUT2D eigenvalue weighted by molar-refractivity contribution is -0.134. The maximum absolute atomic E-state index is 6.88. The molecule has 3 rings (SSSR count). The number of hydrogen-bond donors (Lipinski definition) is 0. The molecule has 0 aromatic rings. The predicted octanol–water partition coefficient (Wildman–Crippen LogP) is 5.19. The topological polar surface area (TPSA) is 22.1 Å². The van der Waals surface area contributed by atoms with Gasteiger partial charge in [-0.05, 0) is 58.5 Å². The summed E-state index contributed by atoms with van der Waals surface area (Å²) in [6, 6.07) is 0. The van der Waals surface area contributed by atoms with Gasteiger partial charge in [0, 0.05) is 0 Å². The molecule has 1 saturated carbocycles. The first-order chi connectivity index (χ1) is 13.6. The highest BCUT2D eigenvalue weighted by molar-refractivity contribution is 6.20. The van der Waals surface area contributed by atoms with Gasteiger partial charge in [-0.25, -0.2) is 4.90 Å². The zero-order valence-corrected chi connectivity index (χ0v) is 18.6. The SMILES string of the molecule is CN1C(Cl)N(C)C(C2CCCCCCCC2)N(C)C1N=C1C=C/C=C\C/C=C\1. The Balaban J connectivity index is 1.84. The normalized spacial score (nSPS) is 36.3. The van der Waals surface area contributed by atoms with Crippen LogP contribution in [0.5, 0.6) is 0 Å². The van der Waals surface area contributed by atoms with Crippen LogP contribution >= 0.6 is 11.6 Å². The molecule has 0 bridgehead atoms. The van der Waals surface area contributed by atoms with Gasteiger partial charge in [0.25, 0.3) is 0 Å². The largest absolute Gasteiger partial charge is 0.262 e. The van der Waals surface area contributed by atoms with E-state index >= 15 is 0 Å². The minimum atomic E-state index is -0.149. The van der Waals surface area contributed by atoms with E-state index in [-0.39, 0.29) is 11.9 Å². The van der Waals surface area contributed by atoms with Crippen molar-refractivity contribution in [2.75, 3.05) is 21.1 Å². The van der Waals surface area contributed by atoms with Gasteiger partial charge in [0.2, 0.25) is 0 Å². The standard InChI is InChI=1S/C23H37ClN4/c1-26-21(19-15-11-7-4-5-8-12-16-19)27(2)23(28(3)22(26)24)25-20-17-13-9-6-10-14-18-20/h6,9,13-14,17-19,21-23H,4-5,7-8,10-12,15-16H2,1-3H3/b9-6-,17-13?,18-14-,25-20?. The highest BCUT2D eigenvalue weighted by Crippen LogP contribution is 2.34. The van der Waals surface area contributed by atoms with Crippen LogP contribution in [-0.4, -0.2) is 59.6 Å². The van der Waals surface area contributed by atoms with Crippen molar-refractivity contribution >= 4 is 17.3 Å². The zero-order chi connectivity index (χ0) is 19.9. The molecule has 0 spiro atoms. The van der Waals surface area contributed by atoms with Gasteiger partial charge in [-0.1, -0.05) is 74.4 Å². The zero-order valence-electron chi connectivity index (χ0n) is 17.8. The van der Waals surface area contributed by atoms with E-state index in [0.717, 1.165) is 12.1 Å². The molecule has 0 radical (unpaired) electrons. The Labute approximate surface area is 176 Å². The van der Waals surface area contributed by atoms with Crippen LogP contribution < -0.4 is 0 Å². The summed E-state index contributed by atoms with van der Waals surface area (Å²) in [6.45, 7) is 0. The van der Waals surface area contributed by atoms with Gasteiger partial charge in [0.05, 0.1) is 11.9 Å². The molecule has 28 heavy (non-hydrogen) atoms. The highest BCUT2D eigenvalue weighted by Gasteiger charge is 2.43. The van der Waals surface area contributed by atoms with Crippen LogP contribution in [0.3, 0.4) is 0 Å². The average Bonchev–Trinajstić information content (AvgIpc) is 2.79. The molecule has 1 aliphatic heterocycles. The third-order valence-electron chi connectivity index (χ3n) is 6.40. The van der Waals surface area contributed by atoms with Crippen molar-refractivity contribution in [2.45, 2.75) is 75.9 Å². The lowest BCUT2D eigenvalue weighted by Crippen LogP contribution is -2.67. The van der Waals surface area contributed by atoms with Gasteiger partial charge in [-0.3, -0.25) is 14.8 Å². The summed E-state index contributed by atoms with van der Waals surface area (Å²) in [4.78, 5) is 12.0. The monoisotopic (exact) mass is 404 g/mol. The van der Waals surface area contributed by atoms with Crippen LogP contribution in [0.1, 0.15) is 57.8 Å². The molecule has 0 amide bonds. The first-order valence-electron chi connectivity index (χ1n) is 11.0. The molecule has 0 aromatic heterocycles. The first-order valence-corrected chi connectivity index (χ1v) is 11.4. The van der Waals surface area contributed by atoms with Gasteiger partial charge < -0.3 is 0 Å². The summed E-state index contributed by atoms with van der Waals surface area (Å²) in [6.07, 6.45) is 24.7. The Morgan fingerprint density at radius 2 is 1.50 bits per heavy atom. The maximum atomic E-state index is 6.88. The third-order valence-corrected chi connectivity index (χ3v) is 7.01. The number of allylic oxidation sites excluding steroid dienone is 6. The number of alkyl halides is 1. The average molecular weight is 405 g/mol. The lowest BCUT2D eigenvalue weighted by atomic mass is 9.92. The minimum Gasteiger partial charge on any atom is -0.262 e. The van der Waals surface area contributed by atoms with E-state index in [4.69, 9.17) is 16.6 Å². The fourth-order valence-corrected chi connectivity index (χ4v) is 5.11. The summed E-state index contributed by atoms with van der Waals surface area (Å²) in [5.74, 6) is 0.650. The molecule has 2 fully saturated rings. The van der Waals surface area contributed by atoms with Crippen LogP contribution in [0.2, 0.25) is 0 Å². The van der Waals surface area contributed by atoms with E-state index in [1.165, 1.54) is 51.4 Å². The molecule has 5 heteroatoms. The van der Waals surface area contributed by atoms with E-state index < -0.39 is 0 Å². The van der Waals surface area contributed by atoms with Crippen LogP contribution in [0.25, 0.3) is 0 Å². The smallest absolute Gasteiger partial charge is 0.162 e. The number of nitrogens with zero attached hydrogens (tertiary/aromatic N) is 4. The van der Waals surface area contributed by atoms with Gasteiger partial charge in [0.1, 0.15) is 5.62 Å². The fraction of sp³-hybridized carbons (Fsp3) is 0.696. The van der Waals surface area contributed by atoms with Crippen LogP contribution in [0.4, 0.5) is 0 Å². The first kappa shape index (κ1) is 21.8. The van der Waals surface area contributed by atoms with E-state index in [0.29, 0.717) is 12.1 Å². The predicted molar refractivity (Wildman–Crippen MR) is 120 cm³/mol. The summed E-state index contributed by atoms with van der Waals surface area (Å²) in [7, 11) is 6.47. The maximum Gasteiger partial charge on any atom is 0.162 e. The molecule has 0 aromatic carbocycles. The Bertz CT molecular complexity index is 602. The molecule has 3 unspecified atom stereocenters. The minimum absolute atomic E-state index is 0.0518. The van der Waals surface area contributed by atoms with E-state index in [1.807, 2.05) is 0 Å². The second kappa shape index (κ2) is 10.7. The van der Waals surface area contributed by atoms with Crippen molar-refractivity contribution in [1.29, 1.82) is 0 Å². The van der Waals surface area contributed by atoms with Crippen LogP contribution in [-0.2, 0) is 0 Å². The number of aliphatic imine (C=N–C) groups is 1. The Morgan fingerprint density at radius 3 is 2.21 bits per heavy atom. The Hall–Kier alpha value is -0.940. The molecular weight excluding hydrogens is 368 g/mol. The molecule has 3 aliphatic rings. The lowest BCUT2D eigenvalue weighted by Gasteiger charge is -2.53. The van der Waals surface area contributed by atoms with Crippen molar-refractivity contribution in [2.24, 2.45) is 10.9 Å². The van der Waals surface area contributed by atoms with Crippen molar-refractivity contribution in [3.63, 3.8) is 0 Å². The molecule has 3 atom stereocenters. The Kier molecular flexibility index (Phi) is 8.34. The fourth-order valence-electron chi connectivity index (χ4n) is 4.90. The van der Waals surface area contributed by atoms with Gasteiger partial charge in [-0.2, -0.15) is 0 Å². The molecule has 1 heterocycles. The molecule has 4 nitrogen and oxygen atoms in total. The molecule has 0 N–H and O–H groups in total. The van der Waals surface area contributed by atoms with E-state index in [9.17, 15) is 0 Å². The quantitative estimate of drug-likeness (QED) is 0.467. The molecular formula is C23H37ClN4. The van der Waals surface area contributed by atoms with E-state index in [1.54, 1.807) is 0 Å². The summed E-state index contributed by atoms with van der Waals surface area (Å²) >= 11 is 6.88. The van der Waals surface area contributed by atoms with Crippen molar-refractivity contribution in [3.05, 3.63) is 36.5 Å². The van der Waals surface area contributed by atoms with Crippen LogP contribution in [0.15, 0.2) is 41.4 Å². The van der Waals surface area contributed by atoms with Crippen LogP contribution in [0, 0.1) is 5.92 Å². The second-order valence-corrected chi connectivity index (χ2v) is 8.90. The van der Waals surface area contributed by atoms with Crippen molar-refractivity contribution in [1.82, 2.24) is 14.7 Å². The second-order valence-electron chi connectivity index (χ2n) is 8.51. The van der Waals surface area contributed by atoms with Gasteiger partial charge >= 0.3 is 0 Å². The van der Waals surface area contributed by atoms with Gasteiger partial charge in [0.15, 0.2) is 6.29 Å². The molecule has 2 aliphatic carbocycles. The molecule has 156 valence electrons. The number of rotatable bonds is 2. The highest BCUT2D eigenvalue weighted by atomic mass is 35.5.